The average Bonchev–Trinajstić information content (AvgIpc) is 2.61. The molecule has 1 fully saturated rings. The molecule has 1 aromatic heterocycles. The van der Waals surface area contributed by atoms with Crippen LogP contribution in [0.3, 0.4) is 0 Å². The molecule has 0 saturated carbocycles. The maximum absolute atomic E-state index is 13.2. The molecule has 9 heteroatoms. The topological polar surface area (TPSA) is 69.6 Å². The standard InChI is InChI=1S/C17H17F3N4O2/c18-13-5-11(6-14(19)7-13)10-24(26)16(25)12-1-3-23(4-2-12)17-21-8-15(20)9-22-17/h5-9,12,26H,1-4,10H2. The Hall–Kier alpha value is -2.68. The van der Waals surface area contributed by atoms with Crippen LogP contribution in [-0.2, 0) is 11.3 Å². The van der Waals surface area contributed by atoms with E-state index < -0.39 is 29.3 Å². The summed E-state index contributed by atoms with van der Waals surface area (Å²) >= 11 is 0. The van der Waals surface area contributed by atoms with E-state index in [-0.39, 0.29) is 12.1 Å². The van der Waals surface area contributed by atoms with Gasteiger partial charge in [-0.25, -0.2) is 28.2 Å². The Bertz CT molecular complexity index is 760. The van der Waals surface area contributed by atoms with Gasteiger partial charge in [-0.2, -0.15) is 0 Å². The number of aromatic nitrogens is 2. The van der Waals surface area contributed by atoms with Crippen LogP contribution in [0, 0.1) is 23.4 Å². The first-order valence-corrected chi connectivity index (χ1v) is 8.10. The van der Waals surface area contributed by atoms with Gasteiger partial charge in [-0.15, -0.1) is 0 Å². The molecule has 138 valence electrons. The molecule has 1 aliphatic rings. The fourth-order valence-electron chi connectivity index (χ4n) is 2.96. The second-order valence-corrected chi connectivity index (χ2v) is 6.14. The highest BCUT2D eigenvalue weighted by Crippen LogP contribution is 2.23. The van der Waals surface area contributed by atoms with E-state index in [1.54, 1.807) is 0 Å². The predicted octanol–water partition coefficient (Wildman–Crippen LogP) is 2.53. The first-order valence-electron chi connectivity index (χ1n) is 8.10. The number of halogens is 3. The normalized spacial score (nSPS) is 15.2. The van der Waals surface area contributed by atoms with Gasteiger partial charge >= 0.3 is 0 Å². The van der Waals surface area contributed by atoms with Gasteiger partial charge in [0, 0.05) is 25.1 Å². The van der Waals surface area contributed by atoms with E-state index >= 15 is 0 Å². The Morgan fingerprint density at radius 3 is 2.23 bits per heavy atom. The summed E-state index contributed by atoms with van der Waals surface area (Å²) in [5.74, 6) is -2.61. The average molecular weight is 366 g/mol. The molecule has 1 amide bonds. The molecular formula is C17H17F3N4O2. The number of nitrogens with zero attached hydrogens (tertiary/aromatic N) is 4. The van der Waals surface area contributed by atoms with E-state index in [1.807, 2.05) is 4.90 Å². The molecule has 1 saturated heterocycles. The summed E-state index contributed by atoms with van der Waals surface area (Å²) in [5.41, 5.74) is 0.162. The van der Waals surface area contributed by atoms with Crippen LogP contribution in [0.1, 0.15) is 18.4 Å². The third-order valence-electron chi connectivity index (χ3n) is 4.24. The largest absolute Gasteiger partial charge is 0.341 e. The van der Waals surface area contributed by atoms with Crippen LogP contribution in [0.25, 0.3) is 0 Å². The number of hydrogen-bond donors (Lipinski definition) is 1. The summed E-state index contributed by atoms with van der Waals surface area (Å²) in [6.07, 6.45) is 3.06. The van der Waals surface area contributed by atoms with Crippen molar-refractivity contribution in [3.8, 4) is 0 Å². The van der Waals surface area contributed by atoms with Crippen LogP contribution in [0.5, 0.6) is 0 Å². The van der Waals surface area contributed by atoms with Crippen LogP contribution in [0.2, 0.25) is 0 Å². The highest BCUT2D eigenvalue weighted by atomic mass is 19.1. The van der Waals surface area contributed by atoms with Gasteiger partial charge in [0.1, 0.15) is 11.6 Å². The quantitative estimate of drug-likeness (QED) is 0.665. The molecule has 1 aliphatic heterocycles. The van der Waals surface area contributed by atoms with Gasteiger partial charge in [0.25, 0.3) is 0 Å². The van der Waals surface area contributed by atoms with Gasteiger partial charge in [-0.05, 0) is 30.5 Å². The maximum Gasteiger partial charge on any atom is 0.249 e. The van der Waals surface area contributed by atoms with E-state index in [2.05, 4.69) is 9.97 Å². The zero-order valence-corrected chi connectivity index (χ0v) is 13.8. The monoisotopic (exact) mass is 366 g/mol. The minimum atomic E-state index is -0.770. The lowest BCUT2D eigenvalue weighted by atomic mass is 9.96. The second-order valence-electron chi connectivity index (χ2n) is 6.14. The Morgan fingerprint density at radius 1 is 1.08 bits per heavy atom. The molecule has 6 nitrogen and oxygen atoms in total. The molecule has 0 radical (unpaired) electrons. The molecule has 3 rings (SSSR count). The molecule has 26 heavy (non-hydrogen) atoms. The van der Waals surface area contributed by atoms with Gasteiger partial charge in [-0.3, -0.25) is 10.0 Å². The van der Waals surface area contributed by atoms with Crippen LogP contribution < -0.4 is 4.90 Å². The number of amides is 1. The van der Waals surface area contributed by atoms with Crippen molar-refractivity contribution in [3.63, 3.8) is 0 Å². The lowest BCUT2D eigenvalue weighted by Gasteiger charge is -2.32. The molecule has 2 aromatic rings. The third kappa shape index (κ3) is 4.29. The van der Waals surface area contributed by atoms with Crippen molar-refractivity contribution < 1.29 is 23.2 Å². The Morgan fingerprint density at radius 2 is 1.65 bits per heavy atom. The van der Waals surface area contributed by atoms with Crippen molar-refractivity contribution in [1.82, 2.24) is 15.0 Å². The van der Waals surface area contributed by atoms with Gasteiger partial charge < -0.3 is 4.90 Å². The summed E-state index contributed by atoms with van der Waals surface area (Å²) in [4.78, 5) is 22.0. The Labute approximate surface area is 147 Å². The number of carbonyl (C=O) groups is 1. The molecule has 0 bridgehead atoms. The molecule has 1 aromatic carbocycles. The fourth-order valence-corrected chi connectivity index (χ4v) is 2.96. The molecule has 0 aliphatic carbocycles. The summed E-state index contributed by atoms with van der Waals surface area (Å²) < 4.78 is 39.3. The molecular weight excluding hydrogens is 349 g/mol. The summed E-state index contributed by atoms with van der Waals surface area (Å²) in [5, 5.41) is 10.5. The molecule has 0 atom stereocenters. The van der Waals surface area contributed by atoms with E-state index in [1.165, 1.54) is 0 Å². The predicted molar refractivity (Wildman–Crippen MR) is 85.6 cm³/mol. The van der Waals surface area contributed by atoms with Crippen molar-refractivity contribution in [2.75, 3.05) is 18.0 Å². The summed E-state index contributed by atoms with van der Waals surface area (Å²) in [6.45, 7) is 0.656. The molecule has 0 unspecified atom stereocenters. The number of carbonyl (C=O) groups excluding carboxylic acids is 1. The van der Waals surface area contributed by atoms with Crippen molar-refractivity contribution in [2.24, 2.45) is 5.92 Å². The number of anilines is 1. The Kier molecular flexibility index (Phi) is 5.36. The number of rotatable bonds is 4. The molecule has 0 spiro atoms. The van der Waals surface area contributed by atoms with E-state index in [9.17, 15) is 23.2 Å². The van der Waals surface area contributed by atoms with Gasteiger partial charge in [0.15, 0.2) is 5.82 Å². The number of piperidine rings is 1. The zero-order chi connectivity index (χ0) is 18.7. The third-order valence-corrected chi connectivity index (χ3v) is 4.24. The van der Waals surface area contributed by atoms with Crippen LogP contribution in [0.15, 0.2) is 30.6 Å². The minimum absolute atomic E-state index is 0.162. The van der Waals surface area contributed by atoms with Gasteiger partial charge in [0.05, 0.1) is 18.9 Å². The van der Waals surface area contributed by atoms with Crippen molar-refractivity contribution in [1.29, 1.82) is 0 Å². The Balaban J connectivity index is 1.56. The zero-order valence-electron chi connectivity index (χ0n) is 13.8. The van der Waals surface area contributed by atoms with Gasteiger partial charge in [-0.1, -0.05) is 0 Å². The lowest BCUT2D eigenvalue weighted by molar-refractivity contribution is -0.173. The number of benzene rings is 1. The lowest BCUT2D eigenvalue weighted by Crippen LogP contribution is -2.41. The van der Waals surface area contributed by atoms with Crippen LogP contribution in [-0.4, -0.2) is 39.2 Å². The van der Waals surface area contributed by atoms with Crippen molar-refractivity contribution in [2.45, 2.75) is 19.4 Å². The van der Waals surface area contributed by atoms with Gasteiger partial charge in [0.2, 0.25) is 11.9 Å². The van der Waals surface area contributed by atoms with Crippen LogP contribution in [0.4, 0.5) is 19.1 Å². The molecule has 1 N–H and O–H groups in total. The minimum Gasteiger partial charge on any atom is -0.341 e. The maximum atomic E-state index is 13.2. The first kappa shape index (κ1) is 18.1. The SMILES string of the molecule is O=C(C1CCN(c2ncc(F)cn2)CC1)N(O)Cc1cc(F)cc(F)c1. The second kappa shape index (κ2) is 7.69. The highest BCUT2D eigenvalue weighted by Gasteiger charge is 2.29. The van der Waals surface area contributed by atoms with E-state index in [0.717, 1.165) is 30.6 Å². The first-order chi connectivity index (χ1) is 12.4. The highest BCUT2D eigenvalue weighted by molar-refractivity contribution is 5.78. The van der Waals surface area contributed by atoms with Crippen molar-refractivity contribution >= 4 is 11.9 Å². The van der Waals surface area contributed by atoms with Crippen molar-refractivity contribution in [3.05, 3.63) is 53.6 Å². The summed E-state index contributed by atoms with van der Waals surface area (Å²) in [7, 11) is 0. The van der Waals surface area contributed by atoms with E-state index in [4.69, 9.17) is 0 Å². The molecule has 2 heterocycles. The number of hydrogen-bond acceptors (Lipinski definition) is 5. The smallest absolute Gasteiger partial charge is 0.249 e. The fraction of sp³-hybridized carbons (Fsp3) is 0.353. The van der Waals surface area contributed by atoms with Crippen LogP contribution >= 0.6 is 0 Å². The summed E-state index contributed by atoms with van der Waals surface area (Å²) in [6, 6.07) is 2.85. The number of hydroxylamine groups is 2. The van der Waals surface area contributed by atoms with E-state index in [0.29, 0.717) is 36.9 Å².